The molecule has 0 aliphatic rings. The van der Waals surface area contributed by atoms with Gasteiger partial charge in [-0.3, -0.25) is 9.59 Å². The summed E-state index contributed by atoms with van der Waals surface area (Å²) in [7, 11) is 0. The Bertz CT molecular complexity index is 1260. The molecule has 0 saturated carbocycles. The third-order valence-corrected chi connectivity index (χ3v) is 6.34. The molecule has 0 fully saturated rings. The molecule has 2 amide bonds. The van der Waals surface area contributed by atoms with E-state index in [-0.39, 0.29) is 17.9 Å². The van der Waals surface area contributed by atoms with Gasteiger partial charge in [0.25, 0.3) is 0 Å². The number of nitrogens with one attached hydrogen (secondary N) is 2. The highest BCUT2D eigenvalue weighted by Gasteiger charge is 2.18. The third-order valence-electron chi connectivity index (χ3n) is 5.58. The molecule has 0 bridgehead atoms. The molecule has 8 heteroatoms. The van der Waals surface area contributed by atoms with Crippen molar-refractivity contribution in [1.29, 1.82) is 0 Å². The molecule has 7 nitrogen and oxygen atoms in total. The minimum atomic E-state index is -0.413. The van der Waals surface area contributed by atoms with E-state index in [0.717, 1.165) is 35.1 Å². The minimum Gasteiger partial charge on any atom is -0.354 e. The van der Waals surface area contributed by atoms with Gasteiger partial charge in [0.2, 0.25) is 11.8 Å². The van der Waals surface area contributed by atoms with E-state index in [1.165, 1.54) is 23.8 Å². The average Bonchev–Trinajstić information content (AvgIpc) is 3.44. The van der Waals surface area contributed by atoms with E-state index < -0.39 is 6.04 Å². The standard InChI is InChI=1S/C25H27N5O2S/c1-16(27-18(3)31)8-9-19-10-12-20(13-11-19)22-14-33-25(28-22)29-24(32)17(2)30-15-26-21-6-4-5-7-23(21)30/h4-7,10-17H,8-9H2,1-3H3,(H,27,31)(H,28,29,32). The molecular weight excluding hydrogens is 434 g/mol. The Kier molecular flexibility index (Phi) is 6.84. The first kappa shape index (κ1) is 22.7. The SMILES string of the molecule is CC(=O)NC(C)CCc1ccc(-c2csc(NC(=O)C(C)n3cnc4ccccc43)n2)cc1. The van der Waals surface area contributed by atoms with Crippen LogP contribution in [0.2, 0.25) is 0 Å². The molecule has 0 radical (unpaired) electrons. The lowest BCUT2D eigenvalue weighted by Gasteiger charge is -2.13. The lowest BCUT2D eigenvalue weighted by molar-refractivity contribution is -0.120. The molecular formula is C25H27N5O2S. The van der Waals surface area contributed by atoms with Crippen molar-refractivity contribution in [3.63, 3.8) is 0 Å². The lowest BCUT2D eigenvalue weighted by Crippen LogP contribution is -2.30. The number of aromatic nitrogens is 3. The fourth-order valence-corrected chi connectivity index (χ4v) is 4.45. The number of para-hydroxylation sites is 2. The number of nitrogens with zero attached hydrogens (tertiary/aromatic N) is 3. The number of benzene rings is 2. The van der Waals surface area contributed by atoms with E-state index in [2.05, 4.69) is 32.7 Å². The fraction of sp³-hybridized carbons (Fsp3) is 0.280. The molecule has 2 aromatic heterocycles. The second-order valence-corrected chi connectivity index (χ2v) is 9.04. The zero-order valence-corrected chi connectivity index (χ0v) is 19.7. The van der Waals surface area contributed by atoms with Gasteiger partial charge in [0.05, 0.1) is 23.1 Å². The molecule has 170 valence electrons. The minimum absolute atomic E-state index is 0.00273. The quantitative estimate of drug-likeness (QED) is 0.394. The highest BCUT2D eigenvalue weighted by Crippen LogP contribution is 2.26. The van der Waals surface area contributed by atoms with Gasteiger partial charge in [-0.1, -0.05) is 36.4 Å². The van der Waals surface area contributed by atoms with E-state index in [9.17, 15) is 9.59 Å². The largest absolute Gasteiger partial charge is 0.354 e. The van der Waals surface area contributed by atoms with E-state index in [0.29, 0.717) is 5.13 Å². The number of amides is 2. The summed E-state index contributed by atoms with van der Waals surface area (Å²) in [4.78, 5) is 32.9. The van der Waals surface area contributed by atoms with Crippen LogP contribution < -0.4 is 10.6 Å². The molecule has 0 aliphatic carbocycles. The van der Waals surface area contributed by atoms with Gasteiger partial charge in [0.15, 0.2) is 5.13 Å². The average molecular weight is 462 g/mol. The normalized spacial score (nSPS) is 12.9. The van der Waals surface area contributed by atoms with Gasteiger partial charge >= 0.3 is 0 Å². The highest BCUT2D eigenvalue weighted by atomic mass is 32.1. The Morgan fingerprint density at radius 2 is 1.85 bits per heavy atom. The second kappa shape index (κ2) is 9.95. The maximum atomic E-state index is 12.8. The molecule has 2 unspecified atom stereocenters. The first-order valence-corrected chi connectivity index (χ1v) is 11.8. The van der Waals surface area contributed by atoms with Crippen LogP contribution in [0.25, 0.3) is 22.3 Å². The first-order valence-electron chi connectivity index (χ1n) is 10.9. The molecule has 33 heavy (non-hydrogen) atoms. The van der Waals surface area contributed by atoms with Crippen LogP contribution in [0.5, 0.6) is 0 Å². The molecule has 2 heterocycles. The van der Waals surface area contributed by atoms with Crippen LogP contribution in [0.1, 0.15) is 38.8 Å². The summed E-state index contributed by atoms with van der Waals surface area (Å²) in [6, 6.07) is 15.7. The summed E-state index contributed by atoms with van der Waals surface area (Å²) in [6.45, 7) is 5.40. The summed E-state index contributed by atoms with van der Waals surface area (Å²) in [6.07, 6.45) is 3.47. The number of thiazole rings is 1. The van der Waals surface area contributed by atoms with Crippen molar-refractivity contribution in [2.75, 3.05) is 5.32 Å². The zero-order chi connectivity index (χ0) is 23.4. The van der Waals surface area contributed by atoms with Gasteiger partial charge in [-0.05, 0) is 44.4 Å². The van der Waals surface area contributed by atoms with Gasteiger partial charge < -0.3 is 15.2 Å². The van der Waals surface area contributed by atoms with Crippen LogP contribution in [0.3, 0.4) is 0 Å². The lowest BCUT2D eigenvalue weighted by atomic mass is 10.0. The summed E-state index contributed by atoms with van der Waals surface area (Å²) in [5.41, 5.74) is 4.82. The van der Waals surface area contributed by atoms with E-state index in [1.54, 1.807) is 6.33 Å². The molecule has 4 aromatic rings. The highest BCUT2D eigenvalue weighted by molar-refractivity contribution is 7.14. The molecule has 0 saturated heterocycles. The summed E-state index contributed by atoms with van der Waals surface area (Å²) >= 11 is 1.41. The maximum Gasteiger partial charge on any atom is 0.248 e. The predicted octanol–water partition coefficient (Wildman–Crippen LogP) is 4.82. The maximum absolute atomic E-state index is 12.8. The van der Waals surface area contributed by atoms with Crippen LogP contribution >= 0.6 is 11.3 Å². The van der Waals surface area contributed by atoms with E-state index in [4.69, 9.17) is 0 Å². The second-order valence-electron chi connectivity index (χ2n) is 8.18. The van der Waals surface area contributed by atoms with Crippen LogP contribution in [-0.2, 0) is 16.0 Å². The molecule has 0 spiro atoms. The zero-order valence-electron chi connectivity index (χ0n) is 18.9. The van der Waals surface area contributed by atoms with Gasteiger partial charge in [0.1, 0.15) is 6.04 Å². The smallest absolute Gasteiger partial charge is 0.248 e. The topological polar surface area (TPSA) is 88.9 Å². The van der Waals surface area contributed by atoms with Crippen molar-refractivity contribution in [2.45, 2.75) is 45.7 Å². The third kappa shape index (κ3) is 5.46. The number of anilines is 1. The number of imidazole rings is 1. The summed E-state index contributed by atoms with van der Waals surface area (Å²) < 4.78 is 1.87. The van der Waals surface area contributed by atoms with Gasteiger partial charge in [-0.25, -0.2) is 9.97 Å². The van der Waals surface area contributed by atoms with Crippen molar-refractivity contribution in [2.24, 2.45) is 0 Å². The van der Waals surface area contributed by atoms with Crippen LogP contribution in [0.15, 0.2) is 60.2 Å². The molecule has 2 atom stereocenters. The molecule has 0 aliphatic heterocycles. The predicted molar refractivity (Wildman–Crippen MR) is 132 cm³/mol. The Labute approximate surface area is 196 Å². The van der Waals surface area contributed by atoms with Crippen molar-refractivity contribution in [1.82, 2.24) is 19.9 Å². The Balaban J connectivity index is 1.37. The van der Waals surface area contributed by atoms with Crippen molar-refractivity contribution in [3.8, 4) is 11.3 Å². The van der Waals surface area contributed by atoms with Crippen LogP contribution in [0.4, 0.5) is 5.13 Å². The number of rotatable bonds is 8. The Morgan fingerprint density at radius 1 is 1.09 bits per heavy atom. The Morgan fingerprint density at radius 3 is 2.61 bits per heavy atom. The molecule has 2 aromatic carbocycles. The number of carbonyl (C=O) groups excluding carboxylic acids is 2. The van der Waals surface area contributed by atoms with Crippen LogP contribution in [-0.4, -0.2) is 32.4 Å². The molecule has 4 rings (SSSR count). The van der Waals surface area contributed by atoms with Gasteiger partial charge in [-0.2, -0.15) is 0 Å². The monoisotopic (exact) mass is 461 g/mol. The summed E-state index contributed by atoms with van der Waals surface area (Å²) in [5, 5.41) is 8.35. The van der Waals surface area contributed by atoms with Crippen LogP contribution in [0, 0.1) is 0 Å². The number of hydrogen-bond acceptors (Lipinski definition) is 5. The fourth-order valence-electron chi connectivity index (χ4n) is 3.73. The van der Waals surface area contributed by atoms with E-state index >= 15 is 0 Å². The van der Waals surface area contributed by atoms with E-state index in [1.807, 2.05) is 60.2 Å². The number of carbonyl (C=O) groups is 2. The summed E-state index contributed by atoms with van der Waals surface area (Å²) in [5.74, 6) is -0.139. The van der Waals surface area contributed by atoms with Crippen molar-refractivity contribution < 1.29 is 9.59 Å². The number of aryl methyl sites for hydroxylation is 1. The van der Waals surface area contributed by atoms with Gasteiger partial charge in [-0.15, -0.1) is 11.3 Å². The van der Waals surface area contributed by atoms with Crippen molar-refractivity contribution >= 4 is 39.3 Å². The number of hydrogen-bond donors (Lipinski definition) is 2. The number of fused-ring (bicyclic) bond motifs is 1. The Hall–Kier alpha value is -3.52. The van der Waals surface area contributed by atoms with Gasteiger partial charge in [0, 0.05) is 23.9 Å². The first-order chi connectivity index (χ1) is 15.9. The van der Waals surface area contributed by atoms with Crippen molar-refractivity contribution in [3.05, 3.63) is 65.8 Å². The molecule has 2 N–H and O–H groups in total.